The molecule has 2 aliphatic carbocycles. The monoisotopic (exact) mass is 706 g/mol. The minimum atomic E-state index is -2.52. The van der Waals surface area contributed by atoms with Crippen LogP contribution in [-0.4, -0.2) is 63.8 Å². The maximum atomic E-state index is 13.3. The third-order valence-corrected chi connectivity index (χ3v) is 8.53. The Morgan fingerprint density at radius 1 is 0.776 bits per heavy atom. The van der Waals surface area contributed by atoms with Crippen molar-refractivity contribution in [2.75, 3.05) is 10.6 Å². The average Bonchev–Trinajstić information content (AvgIpc) is 3.73. The van der Waals surface area contributed by atoms with Gasteiger partial charge in [-0.2, -0.15) is 15.2 Å². The summed E-state index contributed by atoms with van der Waals surface area (Å²) in [5, 5.41) is 17.8. The van der Waals surface area contributed by atoms with E-state index in [1.54, 1.807) is 16.9 Å². The number of nitrogens with one attached hydrogen (secondary N) is 3. The molecule has 0 bridgehead atoms. The van der Waals surface area contributed by atoms with Crippen molar-refractivity contribution >= 4 is 23.2 Å². The van der Waals surface area contributed by atoms with Gasteiger partial charge in [0.15, 0.2) is 0 Å². The van der Waals surface area contributed by atoms with Crippen LogP contribution < -0.4 is 10.6 Å². The Bertz CT molecular complexity index is 1570. The number of anilines is 2. The average molecular weight is 707 g/mol. The largest absolute Gasteiger partial charge is 0.367 e. The van der Waals surface area contributed by atoms with Crippen LogP contribution in [0, 0.1) is 13.8 Å². The summed E-state index contributed by atoms with van der Waals surface area (Å²) in [6.45, 7) is 12.1. The molecule has 0 amide bonds. The SMILES string of the molecule is CC(C)c1ccn[nH]1.Cc1cc(NC2CCC(F)(F)CC2)nc(-n2ccc(C(C)C)n2)n1.Cc1cc(NC2CCC(F)(F)CC2)nc(Cl)n1. The molecule has 4 aromatic heterocycles. The standard InChI is InChI=1S/C17H23F2N5.C11H14ClF2N3.C6H10N2/c1-11(2)14-6-9-24(23-14)16-20-12(3)10-15(22-16)21-13-4-7-17(18,19)8-5-13;1-7-6-9(17-10(12)15-7)16-8-2-4-11(13,14)5-3-8;1-5(2)6-3-4-7-8-6/h6,9-11,13H,4-5,7-8H2,1-3H3,(H,20,21,22);6,8H,2-5H2,1H3,(H,15,16,17);3-5H,1-2H3,(H,7,8). The van der Waals surface area contributed by atoms with E-state index in [0.29, 0.717) is 55.1 Å². The number of nitrogens with zero attached hydrogens (tertiary/aromatic N) is 7. The van der Waals surface area contributed by atoms with E-state index in [-0.39, 0.29) is 43.1 Å². The van der Waals surface area contributed by atoms with Crippen LogP contribution >= 0.6 is 11.6 Å². The molecule has 0 radical (unpaired) electrons. The second kappa shape index (κ2) is 16.7. The summed E-state index contributed by atoms with van der Waals surface area (Å²) in [6.07, 6.45) is 5.14. The van der Waals surface area contributed by atoms with Gasteiger partial charge >= 0.3 is 0 Å². The summed E-state index contributed by atoms with van der Waals surface area (Å²) >= 11 is 5.73. The van der Waals surface area contributed by atoms with Gasteiger partial charge in [-0.1, -0.05) is 27.7 Å². The van der Waals surface area contributed by atoms with Gasteiger partial charge < -0.3 is 10.6 Å². The molecule has 268 valence electrons. The van der Waals surface area contributed by atoms with E-state index in [2.05, 4.69) is 73.6 Å². The predicted octanol–water partition coefficient (Wildman–Crippen LogP) is 9.05. The zero-order valence-corrected chi connectivity index (χ0v) is 29.7. The fourth-order valence-corrected chi connectivity index (χ4v) is 5.69. The zero-order chi connectivity index (χ0) is 35.8. The summed E-state index contributed by atoms with van der Waals surface area (Å²) in [5.41, 5.74) is 3.74. The minimum Gasteiger partial charge on any atom is -0.367 e. The second-order valence-corrected chi connectivity index (χ2v) is 13.8. The molecule has 0 unspecified atom stereocenters. The number of aromatic amines is 1. The minimum absolute atomic E-state index is 0.0237. The van der Waals surface area contributed by atoms with Crippen molar-refractivity contribution in [2.24, 2.45) is 0 Å². The predicted molar refractivity (Wildman–Crippen MR) is 184 cm³/mol. The van der Waals surface area contributed by atoms with Crippen LogP contribution in [0.4, 0.5) is 29.2 Å². The lowest BCUT2D eigenvalue weighted by atomic mass is 9.92. The number of H-pyrrole nitrogens is 1. The van der Waals surface area contributed by atoms with E-state index in [9.17, 15) is 17.6 Å². The molecule has 2 aliphatic rings. The lowest BCUT2D eigenvalue weighted by Crippen LogP contribution is -2.32. The molecule has 0 saturated heterocycles. The van der Waals surface area contributed by atoms with E-state index in [1.807, 2.05) is 38.2 Å². The number of aromatic nitrogens is 8. The zero-order valence-electron chi connectivity index (χ0n) is 29.0. The summed E-state index contributed by atoms with van der Waals surface area (Å²) in [7, 11) is 0. The Labute approximate surface area is 290 Å². The molecule has 6 rings (SSSR count). The van der Waals surface area contributed by atoms with Gasteiger partial charge in [0.05, 0.1) is 5.69 Å². The van der Waals surface area contributed by atoms with Gasteiger partial charge in [-0.15, -0.1) is 0 Å². The highest BCUT2D eigenvalue weighted by Gasteiger charge is 2.36. The topological polar surface area (TPSA) is 122 Å². The fourth-order valence-electron chi connectivity index (χ4n) is 5.47. The molecule has 4 aromatic rings. The first kappa shape index (κ1) is 38.0. The van der Waals surface area contributed by atoms with Crippen LogP contribution in [-0.2, 0) is 0 Å². The Balaban J connectivity index is 0.000000187. The number of alkyl halides is 4. The maximum absolute atomic E-state index is 13.3. The molecule has 2 fully saturated rings. The Hall–Kier alpha value is -3.81. The first-order valence-electron chi connectivity index (χ1n) is 16.8. The molecular formula is C34H47ClF4N10. The molecule has 15 heteroatoms. The normalized spacial score (nSPS) is 17.6. The van der Waals surface area contributed by atoms with Gasteiger partial charge in [-0.25, -0.2) is 37.2 Å². The highest BCUT2D eigenvalue weighted by Crippen LogP contribution is 2.35. The van der Waals surface area contributed by atoms with Gasteiger partial charge in [0, 0.05) is 79.4 Å². The van der Waals surface area contributed by atoms with E-state index >= 15 is 0 Å². The van der Waals surface area contributed by atoms with Gasteiger partial charge in [0.2, 0.25) is 17.1 Å². The summed E-state index contributed by atoms with van der Waals surface area (Å²) in [6, 6.07) is 7.61. The van der Waals surface area contributed by atoms with E-state index < -0.39 is 11.8 Å². The molecule has 49 heavy (non-hydrogen) atoms. The van der Waals surface area contributed by atoms with Crippen molar-refractivity contribution in [3.63, 3.8) is 0 Å². The molecule has 4 heterocycles. The molecule has 10 nitrogen and oxygen atoms in total. The van der Waals surface area contributed by atoms with E-state index in [1.165, 1.54) is 5.69 Å². The number of rotatable bonds is 7. The molecule has 3 N–H and O–H groups in total. The number of aryl methyl sites for hydroxylation is 2. The van der Waals surface area contributed by atoms with E-state index in [0.717, 1.165) is 17.1 Å². The van der Waals surface area contributed by atoms with Crippen molar-refractivity contribution in [3.05, 3.63) is 64.7 Å². The lowest BCUT2D eigenvalue weighted by Gasteiger charge is -2.29. The number of hydrogen-bond donors (Lipinski definition) is 3. The van der Waals surface area contributed by atoms with Gasteiger partial charge in [-0.05, 0) is 75.1 Å². The second-order valence-electron chi connectivity index (χ2n) is 13.4. The van der Waals surface area contributed by atoms with Crippen LogP contribution in [0.2, 0.25) is 5.28 Å². The third kappa shape index (κ3) is 12.2. The van der Waals surface area contributed by atoms with Crippen LogP contribution in [0.3, 0.4) is 0 Å². The summed E-state index contributed by atoms with van der Waals surface area (Å²) in [4.78, 5) is 16.9. The van der Waals surface area contributed by atoms with Crippen molar-refractivity contribution < 1.29 is 17.6 Å². The number of hydrogen-bond acceptors (Lipinski definition) is 8. The van der Waals surface area contributed by atoms with Gasteiger partial charge in [-0.3, -0.25) is 5.10 Å². The smallest absolute Gasteiger partial charge is 0.252 e. The van der Waals surface area contributed by atoms with Crippen molar-refractivity contribution in [1.82, 2.24) is 39.9 Å². The van der Waals surface area contributed by atoms with Gasteiger partial charge in [0.1, 0.15) is 11.6 Å². The first-order valence-corrected chi connectivity index (χ1v) is 17.2. The highest BCUT2D eigenvalue weighted by molar-refractivity contribution is 6.28. The van der Waals surface area contributed by atoms with Crippen LogP contribution in [0.15, 0.2) is 36.7 Å². The van der Waals surface area contributed by atoms with Crippen LogP contribution in [0.25, 0.3) is 5.95 Å². The number of halogens is 5. The molecule has 0 aliphatic heterocycles. The molecule has 0 atom stereocenters. The highest BCUT2D eigenvalue weighted by atomic mass is 35.5. The molecule has 0 aromatic carbocycles. The maximum Gasteiger partial charge on any atom is 0.252 e. The summed E-state index contributed by atoms with van der Waals surface area (Å²) < 4.78 is 54.1. The quantitative estimate of drug-likeness (QED) is 0.129. The van der Waals surface area contributed by atoms with Crippen molar-refractivity contribution in [3.8, 4) is 5.95 Å². The van der Waals surface area contributed by atoms with Crippen molar-refractivity contribution in [1.29, 1.82) is 0 Å². The molecule has 0 spiro atoms. The third-order valence-electron chi connectivity index (χ3n) is 8.36. The van der Waals surface area contributed by atoms with Crippen LogP contribution in [0.1, 0.15) is 114 Å². The Morgan fingerprint density at radius 3 is 1.73 bits per heavy atom. The van der Waals surface area contributed by atoms with Crippen molar-refractivity contribution in [2.45, 2.75) is 129 Å². The molecule has 2 saturated carbocycles. The lowest BCUT2D eigenvalue weighted by molar-refractivity contribution is -0.0366. The fraction of sp³-hybridized carbons (Fsp3) is 0.588. The van der Waals surface area contributed by atoms with Crippen LogP contribution in [0.5, 0.6) is 0 Å². The Morgan fingerprint density at radius 2 is 1.31 bits per heavy atom. The van der Waals surface area contributed by atoms with Gasteiger partial charge in [0.25, 0.3) is 5.95 Å². The molecular weight excluding hydrogens is 660 g/mol. The van der Waals surface area contributed by atoms with E-state index in [4.69, 9.17) is 11.6 Å². The summed E-state index contributed by atoms with van der Waals surface area (Å²) in [5.74, 6) is -2.36. The first-order chi connectivity index (χ1) is 23.1. The Kier molecular flexibility index (Phi) is 13.0.